The highest BCUT2D eigenvalue weighted by Crippen LogP contribution is 2.26. The Bertz CT molecular complexity index is 367. The molecule has 0 bridgehead atoms. The Morgan fingerprint density at radius 1 is 1.05 bits per heavy atom. The van der Waals surface area contributed by atoms with E-state index in [0.717, 1.165) is 19.1 Å². The highest BCUT2D eigenvalue weighted by atomic mass is 16.4. The predicted octanol–water partition coefficient (Wildman–Crippen LogP) is 2.40. The summed E-state index contributed by atoms with van der Waals surface area (Å²) in [6, 6.07) is 0.766. The molecule has 0 unspecified atom stereocenters. The summed E-state index contributed by atoms with van der Waals surface area (Å²) in [5, 5.41) is 11.6. The molecule has 1 aliphatic carbocycles. The lowest BCUT2D eigenvalue weighted by atomic mass is 9.90. The Kier molecular flexibility index (Phi) is 7.16. The number of rotatable bonds is 7. The van der Waals surface area contributed by atoms with E-state index in [9.17, 15) is 9.59 Å². The lowest BCUT2D eigenvalue weighted by Crippen LogP contribution is -2.46. The van der Waals surface area contributed by atoms with Crippen LogP contribution >= 0.6 is 0 Å². The number of hydrogen-bond donors (Lipinski definition) is 2. The molecular weight excluding hydrogens is 280 g/mol. The predicted molar refractivity (Wildman–Crippen MR) is 85.7 cm³/mol. The molecule has 0 aromatic rings. The quantitative estimate of drug-likeness (QED) is 0.757. The molecule has 0 aromatic heterocycles. The van der Waals surface area contributed by atoms with Crippen molar-refractivity contribution >= 4 is 11.9 Å². The van der Waals surface area contributed by atoms with Gasteiger partial charge in [0.25, 0.3) is 0 Å². The van der Waals surface area contributed by atoms with Crippen LogP contribution in [-0.2, 0) is 9.59 Å². The summed E-state index contributed by atoms with van der Waals surface area (Å²) < 4.78 is 0. The summed E-state index contributed by atoms with van der Waals surface area (Å²) in [4.78, 5) is 24.8. The Morgan fingerprint density at radius 3 is 2.55 bits per heavy atom. The monoisotopic (exact) mass is 310 g/mol. The van der Waals surface area contributed by atoms with Gasteiger partial charge in [0.2, 0.25) is 5.91 Å². The number of piperidine rings is 1. The van der Waals surface area contributed by atoms with Crippen molar-refractivity contribution in [2.45, 2.75) is 70.3 Å². The molecule has 126 valence electrons. The SMILES string of the molecule is O=C(O)CCCC(=O)NC[C@@H]1CCCN(C2CCCCC2)C1. The van der Waals surface area contributed by atoms with Gasteiger partial charge in [0.05, 0.1) is 0 Å². The minimum absolute atomic E-state index is 0.00367. The fourth-order valence-electron chi connectivity index (χ4n) is 3.79. The van der Waals surface area contributed by atoms with E-state index < -0.39 is 5.97 Å². The third-order valence-electron chi connectivity index (χ3n) is 5.02. The first kappa shape index (κ1) is 17.3. The second-order valence-corrected chi connectivity index (χ2v) is 6.85. The van der Waals surface area contributed by atoms with Crippen LogP contribution in [0.2, 0.25) is 0 Å². The van der Waals surface area contributed by atoms with Crippen LogP contribution in [0.15, 0.2) is 0 Å². The highest BCUT2D eigenvalue weighted by molar-refractivity contribution is 5.76. The fraction of sp³-hybridized carbons (Fsp3) is 0.882. The summed E-state index contributed by atoms with van der Waals surface area (Å²) in [6.07, 6.45) is 10.1. The molecule has 1 amide bonds. The summed E-state index contributed by atoms with van der Waals surface area (Å²) >= 11 is 0. The van der Waals surface area contributed by atoms with Gasteiger partial charge in [0.1, 0.15) is 0 Å². The Balaban J connectivity index is 1.64. The normalized spacial score (nSPS) is 24.1. The van der Waals surface area contributed by atoms with Gasteiger partial charge in [0.15, 0.2) is 0 Å². The van der Waals surface area contributed by atoms with E-state index in [1.54, 1.807) is 0 Å². The van der Waals surface area contributed by atoms with Crippen molar-refractivity contribution < 1.29 is 14.7 Å². The molecule has 22 heavy (non-hydrogen) atoms. The van der Waals surface area contributed by atoms with Gasteiger partial charge in [-0.15, -0.1) is 0 Å². The van der Waals surface area contributed by atoms with Crippen LogP contribution in [0.1, 0.15) is 64.2 Å². The van der Waals surface area contributed by atoms with Crippen LogP contribution in [0.4, 0.5) is 0 Å². The minimum atomic E-state index is -0.830. The van der Waals surface area contributed by atoms with E-state index in [4.69, 9.17) is 5.11 Å². The van der Waals surface area contributed by atoms with Gasteiger partial charge in [-0.05, 0) is 44.6 Å². The average Bonchev–Trinajstić information content (AvgIpc) is 2.54. The first-order valence-corrected chi connectivity index (χ1v) is 8.87. The van der Waals surface area contributed by atoms with Crippen LogP contribution in [0.5, 0.6) is 0 Å². The lowest BCUT2D eigenvalue weighted by molar-refractivity contribution is -0.137. The number of hydrogen-bond acceptors (Lipinski definition) is 3. The zero-order chi connectivity index (χ0) is 15.8. The first-order chi connectivity index (χ1) is 10.6. The molecule has 1 aliphatic heterocycles. The fourth-order valence-corrected chi connectivity index (χ4v) is 3.79. The first-order valence-electron chi connectivity index (χ1n) is 8.87. The van der Waals surface area contributed by atoms with E-state index >= 15 is 0 Å². The maximum absolute atomic E-state index is 11.7. The molecule has 5 nitrogen and oxygen atoms in total. The van der Waals surface area contributed by atoms with Crippen LogP contribution in [0, 0.1) is 5.92 Å². The summed E-state index contributed by atoms with van der Waals surface area (Å²) in [6.45, 7) is 3.07. The van der Waals surface area contributed by atoms with Gasteiger partial charge in [0, 0.05) is 32.0 Å². The number of carbonyl (C=O) groups excluding carboxylic acids is 1. The summed E-state index contributed by atoms with van der Waals surface area (Å²) in [5.41, 5.74) is 0. The largest absolute Gasteiger partial charge is 0.481 e. The Morgan fingerprint density at radius 2 is 1.82 bits per heavy atom. The molecule has 2 aliphatic rings. The molecule has 0 aromatic carbocycles. The highest BCUT2D eigenvalue weighted by Gasteiger charge is 2.26. The van der Waals surface area contributed by atoms with Crippen molar-refractivity contribution in [3.63, 3.8) is 0 Å². The maximum Gasteiger partial charge on any atom is 0.303 e. The van der Waals surface area contributed by atoms with E-state index in [1.807, 2.05) is 0 Å². The van der Waals surface area contributed by atoms with Crippen LogP contribution in [-0.4, -0.2) is 47.6 Å². The zero-order valence-corrected chi connectivity index (χ0v) is 13.6. The van der Waals surface area contributed by atoms with Crippen molar-refractivity contribution in [1.82, 2.24) is 10.2 Å². The summed E-state index contributed by atoms with van der Waals surface area (Å²) in [7, 11) is 0. The van der Waals surface area contributed by atoms with Gasteiger partial charge < -0.3 is 15.3 Å². The van der Waals surface area contributed by atoms with Crippen LogP contribution in [0.3, 0.4) is 0 Å². The summed E-state index contributed by atoms with van der Waals surface area (Å²) in [5.74, 6) is -0.279. The second kappa shape index (κ2) is 9.13. The Hall–Kier alpha value is -1.10. The van der Waals surface area contributed by atoms with Crippen molar-refractivity contribution in [3.8, 4) is 0 Å². The number of carbonyl (C=O) groups is 2. The molecule has 0 spiro atoms. The molecule has 2 N–H and O–H groups in total. The third kappa shape index (κ3) is 5.95. The van der Waals surface area contributed by atoms with Crippen LogP contribution in [0.25, 0.3) is 0 Å². The number of nitrogens with one attached hydrogen (secondary N) is 1. The van der Waals surface area contributed by atoms with Gasteiger partial charge in [-0.25, -0.2) is 0 Å². The maximum atomic E-state index is 11.7. The van der Waals surface area contributed by atoms with Gasteiger partial charge in [-0.3, -0.25) is 9.59 Å². The van der Waals surface area contributed by atoms with Crippen molar-refractivity contribution in [2.24, 2.45) is 5.92 Å². The van der Waals surface area contributed by atoms with Gasteiger partial charge >= 0.3 is 5.97 Å². The molecule has 1 saturated carbocycles. The third-order valence-corrected chi connectivity index (χ3v) is 5.02. The number of carboxylic acid groups (broad SMARTS) is 1. The molecule has 1 atom stereocenters. The van der Waals surface area contributed by atoms with E-state index in [2.05, 4.69) is 10.2 Å². The second-order valence-electron chi connectivity index (χ2n) is 6.85. The molecule has 1 saturated heterocycles. The lowest BCUT2D eigenvalue weighted by Gasteiger charge is -2.40. The number of amides is 1. The molecule has 0 radical (unpaired) electrons. The van der Waals surface area contributed by atoms with E-state index in [-0.39, 0.29) is 12.3 Å². The standard InChI is InChI=1S/C17H30N2O3/c20-16(9-4-10-17(21)22)18-12-14-6-5-11-19(13-14)15-7-2-1-3-8-15/h14-15H,1-13H2,(H,18,20)(H,21,22)/t14-/m0/s1. The molecule has 2 rings (SSSR count). The molecule has 1 heterocycles. The molecular formula is C17H30N2O3. The topological polar surface area (TPSA) is 69.6 Å². The zero-order valence-electron chi connectivity index (χ0n) is 13.6. The van der Waals surface area contributed by atoms with Crippen molar-refractivity contribution in [1.29, 1.82) is 0 Å². The molecule has 5 heteroatoms. The number of likely N-dealkylation sites (tertiary alicyclic amines) is 1. The number of carboxylic acids is 1. The van der Waals surface area contributed by atoms with Crippen molar-refractivity contribution in [2.75, 3.05) is 19.6 Å². The van der Waals surface area contributed by atoms with Crippen LogP contribution < -0.4 is 5.32 Å². The average molecular weight is 310 g/mol. The van der Waals surface area contributed by atoms with E-state index in [0.29, 0.717) is 18.8 Å². The Labute approximate surface area is 133 Å². The molecule has 2 fully saturated rings. The smallest absolute Gasteiger partial charge is 0.303 e. The number of aliphatic carboxylic acids is 1. The van der Waals surface area contributed by atoms with E-state index in [1.165, 1.54) is 51.5 Å². The minimum Gasteiger partial charge on any atom is -0.481 e. The van der Waals surface area contributed by atoms with Gasteiger partial charge in [-0.2, -0.15) is 0 Å². The number of nitrogens with zero attached hydrogens (tertiary/aromatic N) is 1. The van der Waals surface area contributed by atoms with Crippen molar-refractivity contribution in [3.05, 3.63) is 0 Å². The van der Waals surface area contributed by atoms with Gasteiger partial charge in [-0.1, -0.05) is 19.3 Å².